The molecule has 2 amide bonds. The number of carbonyl (C=O) groups excluding carboxylic acids is 2. The van der Waals surface area contributed by atoms with Crippen molar-refractivity contribution in [3.8, 4) is 0 Å². The Morgan fingerprint density at radius 1 is 1.13 bits per heavy atom. The van der Waals surface area contributed by atoms with Crippen molar-refractivity contribution in [3.05, 3.63) is 40.3 Å². The summed E-state index contributed by atoms with van der Waals surface area (Å²) in [5, 5.41) is 5.24. The minimum absolute atomic E-state index is 0.0614. The quantitative estimate of drug-likeness (QED) is 0.512. The van der Waals surface area contributed by atoms with Crippen LogP contribution in [0.5, 0.6) is 0 Å². The largest absolute Gasteiger partial charge is 0.290 e. The molecule has 4 saturated carbocycles. The molecule has 2 aromatic rings. The van der Waals surface area contributed by atoms with Gasteiger partial charge in [-0.2, -0.15) is 5.10 Å². The molecule has 1 aromatic carbocycles. The number of fused-ring (bicyclic) bond motifs is 1. The van der Waals surface area contributed by atoms with Crippen LogP contribution in [0, 0.1) is 17.3 Å². The van der Waals surface area contributed by atoms with E-state index in [1.54, 1.807) is 24.3 Å². The first-order chi connectivity index (χ1) is 14.8. The fourth-order valence-corrected chi connectivity index (χ4v) is 7.94. The van der Waals surface area contributed by atoms with E-state index in [2.05, 4.69) is 31.9 Å². The zero-order valence-corrected chi connectivity index (χ0v) is 19.2. The van der Waals surface area contributed by atoms with Crippen LogP contribution >= 0.6 is 15.9 Å². The molecule has 4 aliphatic rings. The van der Waals surface area contributed by atoms with Crippen molar-refractivity contribution in [2.24, 2.45) is 17.3 Å². The highest BCUT2D eigenvalue weighted by molar-refractivity contribution is 9.10. The number of aryl methyl sites for hydroxylation is 1. The van der Waals surface area contributed by atoms with Gasteiger partial charge < -0.3 is 0 Å². The molecule has 0 spiro atoms. The summed E-state index contributed by atoms with van der Waals surface area (Å²) in [4.78, 5) is 38.9. The number of halogens is 1. The highest BCUT2D eigenvalue weighted by atomic mass is 79.9. The van der Waals surface area contributed by atoms with Crippen molar-refractivity contribution in [2.75, 3.05) is 0 Å². The minimum atomic E-state index is -0.507. The number of alkyl halides is 1. The average molecular weight is 487 g/mol. The van der Waals surface area contributed by atoms with Crippen LogP contribution in [0.4, 0.5) is 0 Å². The molecule has 8 heteroatoms. The van der Waals surface area contributed by atoms with E-state index >= 15 is 0 Å². The highest BCUT2D eigenvalue weighted by Gasteiger charge is 2.59. The van der Waals surface area contributed by atoms with Gasteiger partial charge in [-0.25, -0.2) is 4.68 Å². The zero-order chi connectivity index (χ0) is 21.8. The lowest BCUT2D eigenvalue weighted by Gasteiger charge is -2.59. The Labute approximate surface area is 189 Å². The number of benzene rings is 1. The van der Waals surface area contributed by atoms with Gasteiger partial charge in [0.05, 0.1) is 10.8 Å². The Bertz CT molecular complexity index is 1110. The molecule has 0 saturated heterocycles. The molecule has 2 atom stereocenters. The van der Waals surface area contributed by atoms with Gasteiger partial charge in [0.25, 0.3) is 11.5 Å². The molecule has 4 bridgehead atoms. The maximum Gasteiger partial charge on any atom is 0.290 e. The number of hydrazine groups is 1. The molecule has 164 valence electrons. The molecule has 4 aliphatic carbocycles. The monoisotopic (exact) mass is 486 g/mol. The fraction of sp³-hybridized carbons (Fsp3) is 0.565. The molecule has 2 N–H and O–H groups in total. The first-order valence-corrected chi connectivity index (χ1v) is 11.9. The van der Waals surface area contributed by atoms with Gasteiger partial charge in [0.15, 0.2) is 5.69 Å². The van der Waals surface area contributed by atoms with E-state index < -0.39 is 11.3 Å². The summed E-state index contributed by atoms with van der Waals surface area (Å²) in [6.45, 7) is 2.38. The molecule has 6 rings (SSSR count). The number of aromatic nitrogens is 2. The van der Waals surface area contributed by atoms with Gasteiger partial charge >= 0.3 is 0 Å². The van der Waals surface area contributed by atoms with Crippen molar-refractivity contribution in [1.29, 1.82) is 0 Å². The van der Waals surface area contributed by atoms with Gasteiger partial charge in [0.1, 0.15) is 0 Å². The van der Waals surface area contributed by atoms with Gasteiger partial charge in [-0.1, -0.05) is 41.1 Å². The first kappa shape index (κ1) is 20.7. The summed E-state index contributed by atoms with van der Waals surface area (Å²) in [5.41, 5.74) is 4.80. The van der Waals surface area contributed by atoms with E-state index in [0.717, 1.165) is 38.5 Å². The molecule has 7 nitrogen and oxygen atoms in total. The zero-order valence-electron chi connectivity index (χ0n) is 17.6. The summed E-state index contributed by atoms with van der Waals surface area (Å²) in [7, 11) is 0. The second-order valence-electron chi connectivity index (χ2n) is 9.72. The van der Waals surface area contributed by atoms with E-state index in [0.29, 0.717) is 29.2 Å². The second kappa shape index (κ2) is 7.43. The van der Waals surface area contributed by atoms with Crippen molar-refractivity contribution in [2.45, 2.75) is 62.7 Å². The van der Waals surface area contributed by atoms with Crippen LogP contribution in [0.1, 0.15) is 62.4 Å². The van der Waals surface area contributed by atoms with Gasteiger partial charge in [-0.3, -0.25) is 25.2 Å². The topological polar surface area (TPSA) is 93.1 Å². The van der Waals surface area contributed by atoms with Crippen LogP contribution in [0.3, 0.4) is 0 Å². The Balaban J connectivity index is 1.38. The average Bonchev–Trinajstić information content (AvgIpc) is 2.72. The van der Waals surface area contributed by atoms with Crippen LogP contribution < -0.4 is 16.4 Å². The number of hydrogen-bond acceptors (Lipinski definition) is 4. The predicted molar refractivity (Wildman–Crippen MR) is 121 cm³/mol. The van der Waals surface area contributed by atoms with Crippen LogP contribution in [0.15, 0.2) is 29.1 Å². The highest BCUT2D eigenvalue weighted by Crippen LogP contribution is 2.64. The van der Waals surface area contributed by atoms with E-state index in [-0.39, 0.29) is 21.5 Å². The minimum Gasteiger partial charge on any atom is -0.273 e. The standard InChI is InChI=1S/C23H27BrN4O3/c1-2-7-28-20(30)17-6-4-3-5-16(17)18(27-28)19(29)25-26-21(31)22-9-14-8-15(10-22)12-23(24,11-14)13-22/h3-6,14-15H,2,7-13H2,1H3,(H,25,29)(H,26,31). The van der Waals surface area contributed by atoms with Crippen molar-refractivity contribution < 1.29 is 9.59 Å². The van der Waals surface area contributed by atoms with E-state index in [4.69, 9.17) is 0 Å². The molecule has 1 aromatic heterocycles. The Morgan fingerprint density at radius 2 is 1.81 bits per heavy atom. The second-order valence-corrected chi connectivity index (χ2v) is 11.4. The van der Waals surface area contributed by atoms with Gasteiger partial charge in [-0.05, 0) is 62.8 Å². The number of carbonyl (C=O) groups is 2. The molecular weight excluding hydrogens is 460 g/mol. The molecule has 1 heterocycles. The maximum absolute atomic E-state index is 13.2. The molecule has 2 unspecified atom stereocenters. The lowest BCUT2D eigenvalue weighted by atomic mass is 9.49. The van der Waals surface area contributed by atoms with Gasteiger partial charge in [0.2, 0.25) is 5.91 Å². The summed E-state index contributed by atoms with van der Waals surface area (Å²) in [6, 6.07) is 6.96. The maximum atomic E-state index is 13.2. The van der Waals surface area contributed by atoms with Crippen molar-refractivity contribution >= 4 is 38.5 Å². The fourth-order valence-electron chi connectivity index (χ4n) is 6.49. The Kier molecular flexibility index (Phi) is 4.95. The Hall–Kier alpha value is -2.22. The van der Waals surface area contributed by atoms with Crippen molar-refractivity contribution in [3.63, 3.8) is 0 Å². The number of rotatable bonds is 4. The molecular formula is C23H27BrN4O3. The number of hydrogen-bond donors (Lipinski definition) is 2. The number of amides is 2. The smallest absolute Gasteiger partial charge is 0.273 e. The number of nitrogens with zero attached hydrogens (tertiary/aromatic N) is 2. The van der Waals surface area contributed by atoms with Crippen molar-refractivity contribution in [1.82, 2.24) is 20.6 Å². The van der Waals surface area contributed by atoms with Gasteiger partial charge in [-0.15, -0.1) is 0 Å². The van der Waals surface area contributed by atoms with E-state index in [9.17, 15) is 14.4 Å². The number of nitrogens with one attached hydrogen (secondary N) is 2. The SMILES string of the molecule is CCCn1nc(C(=O)NNC(=O)C23CC4CC(CC(Br)(C4)C2)C3)c2ccccc2c1=O. The molecule has 31 heavy (non-hydrogen) atoms. The van der Waals surface area contributed by atoms with Crippen LogP contribution in [0.25, 0.3) is 10.8 Å². The van der Waals surface area contributed by atoms with Crippen LogP contribution in [0.2, 0.25) is 0 Å². The van der Waals surface area contributed by atoms with Gasteiger partial charge in [0, 0.05) is 16.3 Å². The summed E-state index contributed by atoms with van der Waals surface area (Å²) >= 11 is 3.92. The lowest BCUT2D eigenvalue weighted by molar-refractivity contribution is -0.144. The summed E-state index contributed by atoms with van der Waals surface area (Å²) in [5.74, 6) is 0.535. The normalized spacial score (nSPS) is 31.0. The predicted octanol–water partition coefficient (Wildman–Crippen LogP) is 3.30. The van der Waals surface area contributed by atoms with E-state index in [1.807, 2.05) is 6.92 Å². The summed E-state index contributed by atoms with van der Waals surface area (Å²) < 4.78 is 1.39. The third-order valence-electron chi connectivity index (χ3n) is 7.28. The molecule has 4 fully saturated rings. The van der Waals surface area contributed by atoms with E-state index in [1.165, 1.54) is 11.1 Å². The molecule has 0 radical (unpaired) electrons. The molecule has 0 aliphatic heterocycles. The third kappa shape index (κ3) is 3.49. The summed E-state index contributed by atoms with van der Waals surface area (Å²) in [6.07, 6.45) is 6.81. The Morgan fingerprint density at radius 3 is 2.45 bits per heavy atom. The van der Waals surface area contributed by atoms with Crippen LogP contribution in [-0.2, 0) is 11.3 Å². The third-order valence-corrected chi connectivity index (χ3v) is 8.21. The van der Waals surface area contributed by atoms with Crippen LogP contribution in [-0.4, -0.2) is 25.9 Å². The lowest BCUT2D eigenvalue weighted by Crippen LogP contribution is -2.60. The first-order valence-electron chi connectivity index (χ1n) is 11.1.